The van der Waals surface area contributed by atoms with Crippen LogP contribution in [0.25, 0.3) is 22.3 Å². The summed E-state index contributed by atoms with van der Waals surface area (Å²) in [7, 11) is -13.4. The molecule has 5 N–H and O–H groups in total. The lowest BCUT2D eigenvalue weighted by Gasteiger charge is -2.23. The van der Waals surface area contributed by atoms with Gasteiger partial charge in [-0.25, -0.2) is 34.9 Å². The van der Waals surface area contributed by atoms with Crippen molar-refractivity contribution in [3.05, 3.63) is 52.8 Å². The van der Waals surface area contributed by atoms with Crippen LogP contribution >= 0.6 is 53.6 Å². The Labute approximate surface area is 565 Å². The maximum atomic E-state index is 12.6. The van der Waals surface area contributed by atoms with Crippen molar-refractivity contribution in [3.8, 4) is 24.3 Å². The van der Waals surface area contributed by atoms with E-state index < -0.39 is 35.9 Å². The van der Waals surface area contributed by atoms with Gasteiger partial charge in [0, 0.05) is 78.4 Å². The molecular formula is C55H92Cl2N20O14P4. The van der Waals surface area contributed by atoms with Gasteiger partial charge in [0.25, 0.3) is 5.56 Å². The van der Waals surface area contributed by atoms with Crippen LogP contribution in [0, 0.1) is 45.3 Å². The molecule has 0 amide bonds. The first-order valence-electron chi connectivity index (χ1n) is 30.9. The van der Waals surface area contributed by atoms with Crippen molar-refractivity contribution in [2.45, 2.75) is 93.4 Å². The van der Waals surface area contributed by atoms with Crippen LogP contribution in [0.1, 0.15) is 79.4 Å². The molecule has 0 aromatic carbocycles. The molecular weight excluding hydrogens is 1360 g/mol. The number of nitrogens with zero attached hydrogens (tertiary/aromatic N) is 18. The van der Waals surface area contributed by atoms with Crippen LogP contribution < -0.4 is 10.9 Å². The smallest absolute Gasteiger partial charge is 0.331 e. The van der Waals surface area contributed by atoms with Gasteiger partial charge >= 0.3 is 30.4 Å². The van der Waals surface area contributed by atoms with Crippen molar-refractivity contribution in [1.82, 2.24) is 68.2 Å². The molecule has 0 saturated carbocycles. The average Bonchev–Trinajstić information content (AvgIpc) is 1.70. The zero-order chi connectivity index (χ0) is 70.7. The van der Waals surface area contributed by atoms with Crippen molar-refractivity contribution in [3.63, 3.8) is 0 Å². The van der Waals surface area contributed by atoms with E-state index >= 15 is 0 Å². The second-order valence-corrected chi connectivity index (χ2v) is 28.7. The largest absolute Gasteiger partial charge is 0.395 e. The molecule has 530 valence electrons. The SMILES string of the molecule is CC.CCOP(=O)(CCN(CC#N)CCn1cnc2c(=O)[nH]cnc21)OCC.CCOP(=O)(CCN(CC#N)CCn1cnc2c(Cl)ncnc21)OCC.CCOP(=O)(CCN(CCO)CCCC#N)OCC.N#CCN(CCn1cnc2c1NC=NC2Cl)CCP(=O)(O)O. The number of hydrogen-bond donors (Lipinski definition) is 5. The Morgan fingerprint density at radius 2 is 1.00 bits per heavy atom. The van der Waals surface area contributed by atoms with Crippen molar-refractivity contribution in [2.75, 3.05) is 155 Å². The summed E-state index contributed by atoms with van der Waals surface area (Å²) in [5.74, 6) is 0.738. The van der Waals surface area contributed by atoms with E-state index in [0.29, 0.717) is 152 Å². The number of nitrogens with one attached hydrogen (secondary N) is 2. The number of fused-ring (bicyclic) bond motifs is 3. The number of imidazole rings is 3. The van der Waals surface area contributed by atoms with Gasteiger partial charge in [-0.3, -0.25) is 37.8 Å². The number of nitriles is 4. The molecule has 34 nitrogen and oxygen atoms in total. The summed E-state index contributed by atoms with van der Waals surface area (Å²) in [6, 6.07) is 8.31. The Bertz CT molecular complexity index is 3450. The minimum Gasteiger partial charge on any atom is -0.395 e. The van der Waals surface area contributed by atoms with E-state index in [0.717, 1.165) is 12.2 Å². The van der Waals surface area contributed by atoms with Gasteiger partial charge in [-0.2, -0.15) is 21.0 Å². The van der Waals surface area contributed by atoms with Gasteiger partial charge < -0.3 is 70.9 Å². The van der Waals surface area contributed by atoms with Crippen LogP contribution in [0.4, 0.5) is 5.82 Å². The number of rotatable bonds is 41. The highest BCUT2D eigenvalue weighted by Crippen LogP contribution is 2.49. The Hall–Kier alpha value is -5.48. The molecule has 1 aliphatic rings. The molecule has 5 aromatic heterocycles. The number of aliphatic hydroxyl groups is 1. The Morgan fingerprint density at radius 1 is 0.568 bits per heavy atom. The van der Waals surface area contributed by atoms with E-state index in [1.807, 2.05) is 43.8 Å². The summed E-state index contributed by atoms with van der Waals surface area (Å²) in [4.78, 5) is 68.1. The quantitative estimate of drug-likeness (QED) is 0.00642. The number of unbranched alkanes of at least 4 members (excludes halogenated alkanes) is 1. The Morgan fingerprint density at radius 3 is 1.44 bits per heavy atom. The molecule has 40 heteroatoms. The molecule has 0 aliphatic carbocycles. The fourth-order valence-corrected chi connectivity index (χ4v) is 14.5. The third-order valence-electron chi connectivity index (χ3n) is 13.0. The number of H-pyrrole nitrogens is 1. The molecule has 0 saturated heterocycles. The molecule has 0 fully saturated rings. The lowest BCUT2D eigenvalue weighted by atomic mass is 10.3. The second-order valence-electron chi connectivity index (χ2n) is 19.6. The van der Waals surface area contributed by atoms with Crippen LogP contribution in [0.3, 0.4) is 0 Å². The number of aromatic nitrogens is 10. The summed E-state index contributed by atoms with van der Waals surface area (Å²) < 4.78 is 85.3. The van der Waals surface area contributed by atoms with Crippen LogP contribution in [0.2, 0.25) is 5.15 Å². The average molecular weight is 1450 g/mol. The number of aliphatic imine (C=N–C) groups is 1. The van der Waals surface area contributed by atoms with E-state index in [9.17, 15) is 23.1 Å². The van der Waals surface area contributed by atoms with Gasteiger partial charge in [0.05, 0.1) is 146 Å². The maximum Gasteiger partial charge on any atom is 0.331 e. The number of aliphatic hydroxyl groups excluding tert-OH is 1. The summed E-state index contributed by atoms with van der Waals surface area (Å²) in [5.41, 5.74) is 1.75. The molecule has 1 aliphatic heterocycles. The standard InChI is InChI=1S/C15H22ClN6O3P.C15H23N6O4P.C12H25N2O4P.C11H16ClN6O3P.C2H6/c1-3-24-26(23,25-4-2)10-9-21(6-5-17)7-8-22-12-20-13-14(16)18-11-19-15(13)22;1-3-24-26(23,25-4-2)10-9-20(6-5-16)7-8-21-12-19-13-14(21)17-11-18-15(13)22;1-3-17-19(16,18-4-2)12-10-14(9-11-15)8-6-5-7-13;12-10-9-11(15-7-14-10)18(8-16-9)4-3-17(2-1-13)5-6-22(19,20)21;1-2/h11-12H,3-4,6-10H2,1-2H3;11-12H,3-4,6-10H2,1-2H3,(H,17,18,22);15H,3-6,8-12H2,1-2H3;7-8,10H,2-6H2,(H,14,15)(H2,19,20,21);1-2H3. The molecule has 95 heavy (non-hydrogen) atoms. The number of alkyl halides is 1. The minimum atomic E-state index is -4.07. The van der Waals surface area contributed by atoms with Crippen LogP contribution in [0.5, 0.6) is 0 Å². The van der Waals surface area contributed by atoms with Gasteiger partial charge in [-0.15, -0.1) is 0 Å². The third kappa shape index (κ3) is 32.2. The minimum absolute atomic E-state index is 0.0418. The molecule has 6 heterocycles. The van der Waals surface area contributed by atoms with Gasteiger partial charge in [-0.1, -0.05) is 37.0 Å². The first-order valence-corrected chi connectivity index (χ1v) is 38.7. The van der Waals surface area contributed by atoms with Gasteiger partial charge in [0.2, 0.25) is 0 Å². The van der Waals surface area contributed by atoms with Gasteiger partial charge in [0.1, 0.15) is 23.4 Å². The van der Waals surface area contributed by atoms with Crippen LogP contribution in [0.15, 0.2) is 41.4 Å². The molecule has 6 rings (SSSR count). The number of hydrogen-bond acceptors (Lipinski definition) is 28. The Balaban J connectivity index is 0.000000430. The van der Waals surface area contributed by atoms with Crippen molar-refractivity contribution in [1.29, 1.82) is 21.0 Å². The van der Waals surface area contributed by atoms with E-state index in [2.05, 4.69) is 63.4 Å². The van der Waals surface area contributed by atoms with E-state index in [-0.39, 0.29) is 62.3 Å². The first kappa shape index (κ1) is 85.6. The molecule has 0 spiro atoms. The molecule has 0 bridgehead atoms. The van der Waals surface area contributed by atoms with E-state index in [1.54, 1.807) is 70.0 Å². The van der Waals surface area contributed by atoms with Crippen LogP contribution in [-0.2, 0) is 65.0 Å². The topological polar surface area (TPSA) is 442 Å². The lowest BCUT2D eigenvalue weighted by molar-refractivity contribution is 0.189. The molecule has 5 aromatic rings. The zero-order valence-corrected chi connectivity index (χ0v) is 60.4. The fraction of sp³-hybridized carbons (Fsp3) is 0.673. The third-order valence-corrected chi connectivity index (χ3v) is 20.6. The summed E-state index contributed by atoms with van der Waals surface area (Å²) in [6.07, 6.45) is 10.7. The molecule has 1 atom stereocenters. The highest BCUT2D eigenvalue weighted by molar-refractivity contribution is 7.54. The zero-order valence-electron chi connectivity index (χ0n) is 55.3. The fourth-order valence-electron chi connectivity index (χ4n) is 8.66. The molecule has 1 unspecified atom stereocenters. The highest BCUT2D eigenvalue weighted by Gasteiger charge is 2.28. The van der Waals surface area contributed by atoms with E-state index in [1.165, 1.54) is 19.0 Å². The predicted octanol–water partition coefficient (Wildman–Crippen LogP) is 7.24. The summed E-state index contributed by atoms with van der Waals surface area (Å²) >= 11 is 12.0. The van der Waals surface area contributed by atoms with Gasteiger partial charge in [-0.05, 0) is 54.5 Å². The number of halogens is 2. The molecule has 0 radical (unpaired) electrons. The number of aromatic amines is 1. The van der Waals surface area contributed by atoms with E-state index in [4.69, 9.17) is 86.3 Å². The van der Waals surface area contributed by atoms with Crippen molar-refractivity contribution >= 4 is 88.1 Å². The maximum absolute atomic E-state index is 12.6. The normalized spacial score (nSPS) is 12.9. The highest BCUT2D eigenvalue weighted by atomic mass is 35.5. The Kier molecular flexibility index (Phi) is 42.8. The predicted molar refractivity (Wildman–Crippen MR) is 361 cm³/mol. The summed E-state index contributed by atoms with van der Waals surface area (Å²) in [6.45, 7) is 22.9. The van der Waals surface area contributed by atoms with Crippen molar-refractivity contribution in [2.24, 2.45) is 4.99 Å². The second kappa shape index (κ2) is 47.5. The monoisotopic (exact) mass is 1450 g/mol. The van der Waals surface area contributed by atoms with Crippen LogP contribution in [-0.4, -0.2) is 239 Å². The van der Waals surface area contributed by atoms with Gasteiger partial charge in [0.15, 0.2) is 27.5 Å². The first-order chi connectivity index (χ1) is 45.6. The van der Waals surface area contributed by atoms with Crippen molar-refractivity contribution < 1.29 is 60.3 Å². The lowest BCUT2D eigenvalue weighted by Crippen LogP contribution is -2.31. The number of anilines is 1. The summed E-state index contributed by atoms with van der Waals surface area (Å²) in [5, 5.41) is 47.7.